The molecule has 12 heteroatoms. The van der Waals surface area contributed by atoms with Crippen LogP contribution >= 0.6 is 0 Å². The number of carbonyl (C=O) groups is 2. The Labute approximate surface area is 209 Å². The van der Waals surface area contributed by atoms with Crippen molar-refractivity contribution in [2.24, 2.45) is 0 Å². The van der Waals surface area contributed by atoms with Gasteiger partial charge in [-0.25, -0.2) is 19.6 Å². The molecule has 12 nitrogen and oxygen atoms in total. The lowest BCUT2D eigenvalue weighted by Gasteiger charge is -2.28. The van der Waals surface area contributed by atoms with Gasteiger partial charge in [-0.1, -0.05) is 0 Å². The summed E-state index contributed by atoms with van der Waals surface area (Å²) in [4.78, 5) is 35.7. The number of aliphatic hydroxyl groups excluding tert-OH is 1. The molecule has 4 heterocycles. The molecule has 0 bridgehead atoms. The van der Waals surface area contributed by atoms with Gasteiger partial charge in [0.25, 0.3) is 0 Å². The Hall–Kier alpha value is -2.80. The van der Waals surface area contributed by atoms with Crippen molar-refractivity contribution >= 4 is 29.0 Å². The standard InChI is InChI=1S/C24H34N4O8/c1-22(2,3)35-20(30)28(21(31)36-23(4,5)6)18-13-9-10-27(17(13)25-12-26-18)19-16-15(14(11-29)32-19)33-24(7,8)34-16/h9-10,12,14-16,19,29H,11H2,1-8H3/t14-,15-,16-,19?/m1/s1. The average Bonchev–Trinajstić information content (AvgIpc) is 3.36. The van der Waals surface area contributed by atoms with Gasteiger partial charge in [0.05, 0.1) is 12.0 Å². The van der Waals surface area contributed by atoms with E-state index in [1.807, 2.05) is 0 Å². The Bertz CT molecular complexity index is 1120. The zero-order valence-electron chi connectivity index (χ0n) is 21.8. The third-order valence-electron chi connectivity index (χ3n) is 5.43. The van der Waals surface area contributed by atoms with Gasteiger partial charge in [0.15, 0.2) is 17.8 Å². The number of hydrogen-bond donors (Lipinski definition) is 1. The number of imide groups is 1. The summed E-state index contributed by atoms with van der Waals surface area (Å²) in [6.07, 6.45) is -1.20. The molecule has 0 saturated carbocycles. The number of fused-ring (bicyclic) bond motifs is 2. The molecule has 2 aliphatic rings. The van der Waals surface area contributed by atoms with Crippen LogP contribution in [0.25, 0.3) is 11.0 Å². The molecule has 198 valence electrons. The van der Waals surface area contributed by atoms with Crippen LogP contribution in [0, 0.1) is 0 Å². The van der Waals surface area contributed by atoms with Gasteiger partial charge in [-0.3, -0.25) is 0 Å². The number of aliphatic hydroxyl groups is 1. The smallest absolute Gasteiger partial charge is 0.425 e. The topological polar surface area (TPSA) is 134 Å². The van der Waals surface area contributed by atoms with E-state index in [1.165, 1.54) is 6.33 Å². The second kappa shape index (κ2) is 8.94. The molecule has 4 atom stereocenters. The van der Waals surface area contributed by atoms with Gasteiger partial charge >= 0.3 is 12.2 Å². The first-order valence-electron chi connectivity index (χ1n) is 11.8. The van der Waals surface area contributed by atoms with Gasteiger partial charge < -0.3 is 33.4 Å². The first-order valence-corrected chi connectivity index (χ1v) is 11.8. The SMILES string of the molecule is CC(C)(C)OC(=O)N(C(=O)OC(C)(C)C)c1ncnc2c1ccn2C1O[C@H](CO)[C@H]2OC(C)(C)O[C@@H]12. The minimum Gasteiger partial charge on any atom is -0.443 e. The maximum absolute atomic E-state index is 13.1. The van der Waals surface area contributed by atoms with Gasteiger partial charge in [0.1, 0.15) is 41.5 Å². The predicted octanol–water partition coefficient (Wildman–Crippen LogP) is 3.52. The number of nitrogens with zero attached hydrogens (tertiary/aromatic N) is 4. The quantitative estimate of drug-likeness (QED) is 0.659. The summed E-state index contributed by atoms with van der Waals surface area (Å²) in [5, 5.41) is 10.2. The number of carbonyl (C=O) groups excluding carboxylic acids is 2. The average molecular weight is 507 g/mol. The van der Waals surface area contributed by atoms with E-state index < -0.39 is 53.7 Å². The second-order valence-corrected chi connectivity index (χ2v) is 11.3. The largest absolute Gasteiger partial charge is 0.443 e. The minimum atomic E-state index is -0.934. The van der Waals surface area contributed by atoms with E-state index in [2.05, 4.69) is 9.97 Å². The highest BCUT2D eigenvalue weighted by Gasteiger charge is 2.56. The summed E-state index contributed by atoms with van der Waals surface area (Å²) < 4.78 is 30.8. The van der Waals surface area contributed by atoms with Crippen molar-refractivity contribution in [3.63, 3.8) is 0 Å². The summed E-state index contributed by atoms with van der Waals surface area (Å²) in [6.45, 7) is 13.5. The Kier molecular flexibility index (Phi) is 6.53. The van der Waals surface area contributed by atoms with Crippen molar-refractivity contribution in [3.05, 3.63) is 18.6 Å². The van der Waals surface area contributed by atoms with Crippen LogP contribution in [0.4, 0.5) is 15.4 Å². The molecule has 2 aromatic heterocycles. The van der Waals surface area contributed by atoms with Gasteiger partial charge in [0, 0.05) is 6.20 Å². The van der Waals surface area contributed by atoms with Gasteiger partial charge in [-0.05, 0) is 61.5 Å². The third kappa shape index (κ3) is 5.17. The molecular formula is C24H34N4O8. The fraction of sp³-hybridized carbons (Fsp3) is 0.667. The Morgan fingerprint density at radius 1 is 1.06 bits per heavy atom. The highest BCUT2D eigenvalue weighted by molar-refractivity contribution is 6.13. The normalized spacial score (nSPS) is 25.6. The fourth-order valence-electron chi connectivity index (χ4n) is 4.23. The summed E-state index contributed by atoms with van der Waals surface area (Å²) in [6, 6.07) is 1.66. The molecule has 2 saturated heterocycles. The molecule has 2 amide bonds. The molecule has 4 rings (SSSR count). The van der Waals surface area contributed by atoms with E-state index in [1.54, 1.807) is 72.2 Å². The Morgan fingerprint density at radius 3 is 2.19 bits per heavy atom. The highest BCUT2D eigenvalue weighted by Crippen LogP contribution is 2.44. The summed E-state index contributed by atoms with van der Waals surface area (Å²) in [5.41, 5.74) is -1.35. The van der Waals surface area contributed by atoms with Crippen molar-refractivity contribution in [3.8, 4) is 0 Å². The molecule has 36 heavy (non-hydrogen) atoms. The molecule has 0 aromatic carbocycles. The molecular weight excluding hydrogens is 472 g/mol. The summed E-state index contributed by atoms with van der Waals surface area (Å²) in [5.74, 6) is -0.850. The molecule has 0 spiro atoms. The number of anilines is 1. The van der Waals surface area contributed by atoms with Crippen LogP contribution in [0.2, 0.25) is 0 Å². The van der Waals surface area contributed by atoms with Gasteiger partial charge in [-0.2, -0.15) is 4.90 Å². The lowest BCUT2D eigenvalue weighted by Crippen LogP contribution is -2.44. The Balaban J connectivity index is 1.76. The highest BCUT2D eigenvalue weighted by atomic mass is 16.8. The first-order chi connectivity index (χ1) is 16.6. The van der Waals surface area contributed by atoms with Crippen LogP contribution in [0.5, 0.6) is 0 Å². The van der Waals surface area contributed by atoms with Crippen molar-refractivity contribution in [1.29, 1.82) is 0 Å². The Morgan fingerprint density at radius 2 is 1.64 bits per heavy atom. The van der Waals surface area contributed by atoms with Crippen molar-refractivity contribution in [2.75, 3.05) is 11.5 Å². The third-order valence-corrected chi connectivity index (χ3v) is 5.43. The zero-order valence-corrected chi connectivity index (χ0v) is 21.8. The second-order valence-electron chi connectivity index (χ2n) is 11.3. The fourth-order valence-corrected chi connectivity index (χ4v) is 4.23. The zero-order chi connectivity index (χ0) is 26.6. The van der Waals surface area contributed by atoms with Crippen molar-refractivity contribution in [2.45, 2.75) is 96.9 Å². The molecule has 0 radical (unpaired) electrons. The van der Waals surface area contributed by atoms with Crippen LogP contribution in [0.15, 0.2) is 18.6 Å². The number of rotatable bonds is 3. The molecule has 2 aromatic rings. The van der Waals surface area contributed by atoms with Gasteiger partial charge in [-0.15, -0.1) is 0 Å². The maximum Gasteiger partial charge on any atom is 0.425 e. The van der Waals surface area contributed by atoms with Crippen molar-refractivity contribution in [1.82, 2.24) is 14.5 Å². The molecule has 2 fully saturated rings. The van der Waals surface area contributed by atoms with E-state index in [9.17, 15) is 14.7 Å². The molecule has 1 N–H and O–H groups in total. The van der Waals surface area contributed by atoms with Crippen LogP contribution in [0.1, 0.15) is 61.6 Å². The van der Waals surface area contributed by atoms with E-state index in [4.69, 9.17) is 23.7 Å². The first kappa shape index (κ1) is 26.3. The van der Waals surface area contributed by atoms with E-state index in [0.29, 0.717) is 11.0 Å². The maximum atomic E-state index is 13.1. The number of hydrogen-bond acceptors (Lipinski definition) is 10. The summed E-state index contributed by atoms with van der Waals surface area (Å²) in [7, 11) is 0. The molecule has 1 unspecified atom stereocenters. The van der Waals surface area contributed by atoms with Crippen molar-refractivity contribution < 1.29 is 38.4 Å². The van der Waals surface area contributed by atoms with Crippen LogP contribution in [-0.4, -0.2) is 73.7 Å². The molecule has 0 aliphatic carbocycles. The van der Waals surface area contributed by atoms with E-state index >= 15 is 0 Å². The van der Waals surface area contributed by atoms with Crippen LogP contribution in [0.3, 0.4) is 0 Å². The lowest BCUT2D eigenvalue weighted by atomic mass is 10.1. The van der Waals surface area contributed by atoms with Gasteiger partial charge in [0.2, 0.25) is 0 Å². The number of amides is 2. The molecule has 2 aliphatic heterocycles. The van der Waals surface area contributed by atoms with E-state index in [0.717, 1.165) is 4.90 Å². The number of ether oxygens (including phenoxy) is 5. The minimum absolute atomic E-state index is 0.000532. The van der Waals surface area contributed by atoms with Crippen LogP contribution < -0.4 is 4.90 Å². The van der Waals surface area contributed by atoms with E-state index in [-0.39, 0.29) is 12.4 Å². The summed E-state index contributed by atoms with van der Waals surface area (Å²) >= 11 is 0. The monoisotopic (exact) mass is 506 g/mol. The number of aromatic nitrogens is 3. The van der Waals surface area contributed by atoms with Crippen LogP contribution in [-0.2, 0) is 23.7 Å². The predicted molar refractivity (Wildman–Crippen MR) is 127 cm³/mol. The lowest BCUT2D eigenvalue weighted by molar-refractivity contribution is -0.199.